The standard InChI is InChI=1S/C16H20O3/c1-15(2,3)12-7-5-11(6-8-12)13(17)16(14(18)19)9-4-10-16/h5-8H,4,9-10H2,1-3H3,(H,18,19). The van der Waals surface area contributed by atoms with Crippen LogP contribution in [0.1, 0.15) is 56.0 Å². The molecule has 0 heterocycles. The summed E-state index contributed by atoms with van der Waals surface area (Å²) in [6.45, 7) is 6.32. The summed E-state index contributed by atoms with van der Waals surface area (Å²) in [4.78, 5) is 23.7. The molecule has 0 bridgehead atoms. The van der Waals surface area contributed by atoms with Crippen molar-refractivity contribution in [2.45, 2.75) is 45.4 Å². The number of ketones is 1. The Hall–Kier alpha value is -1.64. The van der Waals surface area contributed by atoms with Crippen LogP contribution in [0.15, 0.2) is 24.3 Å². The van der Waals surface area contributed by atoms with Gasteiger partial charge < -0.3 is 5.11 Å². The molecule has 0 radical (unpaired) electrons. The molecular weight excluding hydrogens is 240 g/mol. The Morgan fingerprint density at radius 2 is 1.63 bits per heavy atom. The first-order valence-corrected chi connectivity index (χ1v) is 6.66. The van der Waals surface area contributed by atoms with Crippen molar-refractivity contribution >= 4 is 11.8 Å². The zero-order chi connectivity index (χ0) is 14.3. The molecule has 19 heavy (non-hydrogen) atoms. The van der Waals surface area contributed by atoms with Crippen molar-refractivity contribution in [3.63, 3.8) is 0 Å². The molecule has 3 nitrogen and oxygen atoms in total. The van der Waals surface area contributed by atoms with Crippen molar-refractivity contribution in [1.29, 1.82) is 0 Å². The number of carbonyl (C=O) groups excluding carboxylic acids is 1. The van der Waals surface area contributed by atoms with Crippen molar-refractivity contribution in [2.24, 2.45) is 5.41 Å². The van der Waals surface area contributed by atoms with Crippen LogP contribution in [0.5, 0.6) is 0 Å². The van der Waals surface area contributed by atoms with E-state index in [4.69, 9.17) is 0 Å². The van der Waals surface area contributed by atoms with Crippen LogP contribution in [0.4, 0.5) is 0 Å². The summed E-state index contributed by atoms with van der Waals surface area (Å²) in [6, 6.07) is 7.35. The second-order valence-corrected chi connectivity index (χ2v) is 6.40. The molecule has 1 saturated carbocycles. The molecule has 1 aromatic carbocycles. The number of carboxylic acid groups (broad SMARTS) is 1. The van der Waals surface area contributed by atoms with Gasteiger partial charge in [0.15, 0.2) is 5.78 Å². The minimum atomic E-state index is -1.16. The maximum Gasteiger partial charge on any atom is 0.317 e. The minimum absolute atomic E-state index is 0.0303. The van der Waals surface area contributed by atoms with E-state index in [0.717, 1.165) is 12.0 Å². The lowest BCUT2D eigenvalue weighted by atomic mass is 9.64. The summed E-state index contributed by atoms with van der Waals surface area (Å²) in [7, 11) is 0. The highest BCUT2D eigenvalue weighted by Gasteiger charge is 2.51. The van der Waals surface area contributed by atoms with Crippen molar-refractivity contribution < 1.29 is 14.7 Å². The zero-order valence-corrected chi connectivity index (χ0v) is 11.7. The number of hydrogen-bond acceptors (Lipinski definition) is 2. The van der Waals surface area contributed by atoms with Crippen LogP contribution in [0.3, 0.4) is 0 Å². The van der Waals surface area contributed by atoms with Gasteiger partial charge in [-0.15, -0.1) is 0 Å². The van der Waals surface area contributed by atoms with Crippen LogP contribution < -0.4 is 0 Å². The average molecular weight is 260 g/mol. The van der Waals surface area contributed by atoms with E-state index in [9.17, 15) is 14.7 Å². The molecule has 3 heteroatoms. The predicted molar refractivity (Wildman–Crippen MR) is 73.4 cm³/mol. The van der Waals surface area contributed by atoms with Gasteiger partial charge in [0.2, 0.25) is 0 Å². The van der Waals surface area contributed by atoms with Gasteiger partial charge >= 0.3 is 5.97 Å². The molecule has 1 aliphatic carbocycles. The molecule has 0 saturated heterocycles. The molecule has 0 amide bonds. The van der Waals surface area contributed by atoms with E-state index in [1.54, 1.807) is 12.1 Å². The molecule has 0 unspecified atom stereocenters. The molecular formula is C16H20O3. The summed E-state index contributed by atoms with van der Waals surface area (Å²) in [5, 5.41) is 9.28. The smallest absolute Gasteiger partial charge is 0.317 e. The largest absolute Gasteiger partial charge is 0.480 e. The van der Waals surface area contributed by atoms with Gasteiger partial charge in [0.05, 0.1) is 0 Å². The third kappa shape index (κ3) is 2.29. The van der Waals surface area contributed by atoms with Gasteiger partial charge in [-0.2, -0.15) is 0 Å². The van der Waals surface area contributed by atoms with Gasteiger partial charge in [0, 0.05) is 5.56 Å². The zero-order valence-electron chi connectivity index (χ0n) is 11.7. The second-order valence-electron chi connectivity index (χ2n) is 6.40. The lowest BCUT2D eigenvalue weighted by Gasteiger charge is -2.36. The Bertz CT molecular complexity index is 502. The number of hydrogen-bond donors (Lipinski definition) is 1. The first-order chi connectivity index (χ1) is 8.77. The lowest BCUT2D eigenvalue weighted by molar-refractivity contribution is -0.150. The fraction of sp³-hybridized carbons (Fsp3) is 0.500. The van der Waals surface area contributed by atoms with Crippen LogP contribution in [0, 0.1) is 5.41 Å². The third-order valence-corrected chi connectivity index (χ3v) is 4.06. The van der Waals surface area contributed by atoms with E-state index >= 15 is 0 Å². The number of benzene rings is 1. The van der Waals surface area contributed by atoms with Crippen LogP contribution >= 0.6 is 0 Å². The number of carbonyl (C=O) groups is 2. The fourth-order valence-electron chi connectivity index (χ4n) is 2.47. The fourth-order valence-corrected chi connectivity index (χ4v) is 2.47. The third-order valence-electron chi connectivity index (χ3n) is 4.06. The Morgan fingerprint density at radius 3 is 1.95 bits per heavy atom. The van der Waals surface area contributed by atoms with Crippen LogP contribution in [0.2, 0.25) is 0 Å². The summed E-state index contributed by atoms with van der Waals surface area (Å²) >= 11 is 0. The van der Waals surface area contributed by atoms with Crippen molar-refractivity contribution in [3.8, 4) is 0 Å². The molecule has 102 valence electrons. The normalized spacial score (nSPS) is 17.6. The van der Waals surface area contributed by atoms with Gasteiger partial charge in [-0.25, -0.2) is 0 Å². The van der Waals surface area contributed by atoms with Gasteiger partial charge in [-0.3, -0.25) is 9.59 Å². The Kier molecular flexibility index (Phi) is 3.25. The second kappa shape index (κ2) is 4.48. The van der Waals surface area contributed by atoms with E-state index in [-0.39, 0.29) is 11.2 Å². The highest BCUT2D eigenvalue weighted by Crippen LogP contribution is 2.44. The number of carboxylic acids is 1. The molecule has 0 aliphatic heterocycles. The van der Waals surface area contributed by atoms with Crippen LogP contribution in [-0.4, -0.2) is 16.9 Å². The minimum Gasteiger partial charge on any atom is -0.480 e. The molecule has 0 aromatic heterocycles. The summed E-state index contributed by atoms with van der Waals surface area (Å²) in [6.07, 6.45) is 1.74. The van der Waals surface area contributed by atoms with E-state index in [0.29, 0.717) is 18.4 Å². The Morgan fingerprint density at radius 1 is 1.11 bits per heavy atom. The van der Waals surface area contributed by atoms with Gasteiger partial charge in [-0.05, 0) is 23.8 Å². The predicted octanol–water partition coefficient (Wildman–Crippen LogP) is 3.42. The lowest BCUT2D eigenvalue weighted by Crippen LogP contribution is -2.45. The van der Waals surface area contributed by atoms with E-state index < -0.39 is 11.4 Å². The topological polar surface area (TPSA) is 54.4 Å². The van der Waals surface area contributed by atoms with Gasteiger partial charge in [0.25, 0.3) is 0 Å². The molecule has 1 aromatic rings. The Balaban J connectivity index is 2.28. The van der Waals surface area contributed by atoms with Crippen molar-refractivity contribution in [3.05, 3.63) is 35.4 Å². The monoisotopic (exact) mass is 260 g/mol. The van der Waals surface area contributed by atoms with Crippen LogP contribution in [-0.2, 0) is 10.2 Å². The van der Waals surface area contributed by atoms with E-state index in [2.05, 4.69) is 20.8 Å². The van der Waals surface area contributed by atoms with Gasteiger partial charge in [-0.1, -0.05) is 51.5 Å². The molecule has 1 N–H and O–H groups in total. The van der Waals surface area contributed by atoms with Crippen molar-refractivity contribution in [1.82, 2.24) is 0 Å². The maximum atomic E-state index is 12.4. The molecule has 0 spiro atoms. The summed E-state index contributed by atoms with van der Waals surface area (Å²) in [5.41, 5.74) is 0.517. The first kappa shape index (κ1) is 13.8. The molecule has 1 aliphatic rings. The highest BCUT2D eigenvalue weighted by molar-refractivity contribution is 6.12. The quantitative estimate of drug-likeness (QED) is 0.669. The van der Waals surface area contributed by atoms with Crippen LogP contribution in [0.25, 0.3) is 0 Å². The number of aliphatic carboxylic acids is 1. The van der Waals surface area contributed by atoms with E-state index in [1.165, 1.54) is 0 Å². The Labute approximate surface area is 113 Å². The summed E-state index contributed by atoms with van der Waals surface area (Å²) in [5.74, 6) is -1.23. The highest BCUT2D eigenvalue weighted by atomic mass is 16.4. The van der Waals surface area contributed by atoms with Gasteiger partial charge in [0.1, 0.15) is 5.41 Å². The van der Waals surface area contributed by atoms with E-state index in [1.807, 2.05) is 12.1 Å². The number of Topliss-reactive ketones (excluding diaryl/α,β-unsaturated/α-hetero) is 1. The summed E-state index contributed by atoms with van der Waals surface area (Å²) < 4.78 is 0. The SMILES string of the molecule is CC(C)(C)c1ccc(C(=O)C2(C(=O)O)CCC2)cc1. The molecule has 1 fully saturated rings. The molecule has 2 rings (SSSR count). The number of rotatable bonds is 3. The van der Waals surface area contributed by atoms with Crippen molar-refractivity contribution in [2.75, 3.05) is 0 Å². The maximum absolute atomic E-state index is 12.4. The first-order valence-electron chi connectivity index (χ1n) is 6.66. The molecule has 0 atom stereocenters. The average Bonchev–Trinajstić information content (AvgIpc) is 2.25.